The number of amides is 2. The molecule has 150 valence electrons. The molecule has 0 saturated heterocycles. The van der Waals surface area contributed by atoms with E-state index in [0.717, 1.165) is 28.0 Å². The molecule has 1 N–H and O–H groups in total. The molecule has 0 aromatic heterocycles. The Kier molecular flexibility index (Phi) is 7.61. The topological polar surface area (TPSA) is 58.6 Å². The Balaban J connectivity index is 2.26. The van der Waals surface area contributed by atoms with E-state index in [2.05, 4.69) is 5.32 Å². The summed E-state index contributed by atoms with van der Waals surface area (Å²) in [5.74, 6) is 0.544. The molecule has 0 aliphatic heterocycles. The molecule has 2 aromatic carbocycles. The van der Waals surface area contributed by atoms with Crippen LogP contribution in [-0.2, 0) is 22.6 Å². The SMILES string of the molecule is CCNC(=O)[C@@H](C)N(Cc1ccc(OC)cc1)C(=O)Cc1cc(C)ccc1C. The van der Waals surface area contributed by atoms with Crippen molar-refractivity contribution in [1.29, 1.82) is 0 Å². The number of likely N-dealkylation sites (N-methyl/N-ethyl adjacent to an activating group) is 1. The Hall–Kier alpha value is -2.82. The first-order valence-corrected chi connectivity index (χ1v) is 9.62. The summed E-state index contributed by atoms with van der Waals surface area (Å²) in [5.41, 5.74) is 4.14. The number of hydrogen-bond donors (Lipinski definition) is 1. The number of hydrogen-bond acceptors (Lipinski definition) is 3. The van der Waals surface area contributed by atoms with Crippen LogP contribution in [0.4, 0.5) is 0 Å². The van der Waals surface area contributed by atoms with Crippen molar-refractivity contribution in [3.8, 4) is 5.75 Å². The van der Waals surface area contributed by atoms with Gasteiger partial charge in [0.15, 0.2) is 0 Å². The molecule has 5 heteroatoms. The van der Waals surface area contributed by atoms with Gasteiger partial charge in [0.1, 0.15) is 11.8 Å². The van der Waals surface area contributed by atoms with Gasteiger partial charge in [-0.1, -0.05) is 35.9 Å². The van der Waals surface area contributed by atoms with Crippen molar-refractivity contribution >= 4 is 11.8 Å². The number of carbonyl (C=O) groups excluding carboxylic acids is 2. The second-order valence-corrected chi connectivity index (χ2v) is 7.05. The third kappa shape index (κ3) is 5.59. The molecule has 28 heavy (non-hydrogen) atoms. The number of ether oxygens (including phenoxy) is 1. The number of methoxy groups -OCH3 is 1. The molecule has 0 fully saturated rings. The Labute approximate surface area is 167 Å². The van der Waals surface area contributed by atoms with Crippen LogP contribution in [0.5, 0.6) is 5.75 Å². The molecule has 0 spiro atoms. The van der Waals surface area contributed by atoms with Crippen LogP contribution in [-0.4, -0.2) is 36.4 Å². The van der Waals surface area contributed by atoms with Crippen molar-refractivity contribution in [3.05, 3.63) is 64.7 Å². The summed E-state index contributed by atoms with van der Waals surface area (Å²) in [6, 6.07) is 13.1. The van der Waals surface area contributed by atoms with E-state index in [0.29, 0.717) is 13.1 Å². The molecule has 0 radical (unpaired) electrons. The predicted octanol–water partition coefficient (Wildman–Crippen LogP) is 3.41. The van der Waals surface area contributed by atoms with Crippen LogP contribution >= 0.6 is 0 Å². The van der Waals surface area contributed by atoms with E-state index in [-0.39, 0.29) is 18.2 Å². The average molecular weight is 383 g/mol. The highest BCUT2D eigenvalue weighted by atomic mass is 16.5. The summed E-state index contributed by atoms with van der Waals surface area (Å²) >= 11 is 0. The lowest BCUT2D eigenvalue weighted by Gasteiger charge is -2.29. The Morgan fingerprint density at radius 2 is 1.79 bits per heavy atom. The predicted molar refractivity (Wildman–Crippen MR) is 111 cm³/mol. The summed E-state index contributed by atoms with van der Waals surface area (Å²) in [4.78, 5) is 27.3. The van der Waals surface area contributed by atoms with E-state index in [9.17, 15) is 9.59 Å². The number of carbonyl (C=O) groups is 2. The van der Waals surface area contributed by atoms with E-state index < -0.39 is 6.04 Å². The molecule has 0 aliphatic rings. The fraction of sp³-hybridized carbons (Fsp3) is 0.391. The summed E-state index contributed by atoms with van der Waals surface area (Å²) in [5, 5.41) is 2.82. The molecule has 2 aromatic rings. The van der Waals surface area contributed by atoms with E-state index in [1.165, 1.54) is 0 Å². The minimum absolute atomic E-state index is 0.0664. The molecular weight excluding hydrogens is 352 g/mol. The number of aryl methyl sites for hydroxylation is 2. The van der Waals surface area contributed by atoms with E-state index in [1.54, 1.807) is 18.9 Å². The maximum Gasteiger partial charge on any atom is 0.242 e. The van der Waals surface area contributed by atoms with E-state index >= 15 is 0 Å². The van der Waals surface area contributed by atoms with Gasteiger partial charge in [-0.05, 0) is 56.5 Å². The molecule has 0 bridgehead atoms. The quantitative estimate of drug-likeness (QED) is 0.761. The Morgan fingerprint density at radius 1 is 1.11 bits per heavy atom. The molecule has 0 saturated carbocycles. The van der Waals surface area contributed by atoms with Crippen LogP contribution in [0.25, 0.3) is 0 Å². The third-order valence-electron chi connectivity index (χ3n) is 4.88. The van der Waals surface area contributed by atoms with Crippen LogP contribution < -0.4 is 10.1 Å². The highest BCUT2D eigenvalue weighted by Gasteiger charge is 2.26. The second kappa shape index (κ2) is 9.93. The highest BCUT2D eigenvalue weighted by molar-refractivity contribution is 5.88. The third-order valence-corrected chi connectivity index (χ3v) is 4.88. The van der Waals surface area contributed by atoms with Gasteiger partial charge in [0.05, 0.1) is 13.5 Å². The van der Waals surface area contributed by atoms with Gasteiger partial charge >= 0.3 is 0 Å². The molecule has 2 amide bonds. The zero-order valence-corrected chi connectivity index (χ0v) is 17.4. The van der Waals surface area contributed by atoms with Gasteiger partial charge in [-0.3, -0.25) is 9.59 Å². The van der Waals surface area contributed by atoms with Crippen LogP contribution in [0.1, 0.15) is 36.1 Å². The minimum atomic E-state index is -0.556. The fourth-order valence-electron chi connectivity index (χ4n) is 3.09. The Bertz CT molecular complexity index is 815. The second-order valence-electron chi connectivity index (χ2n) is 7.05. The van der Waals surface area contributed by atoms with Crippen molar-refractivity contribution in [2.75, 3.05) is 13.7 Å². The molecular formula is C23H30N2O3. The van der Waals surface area contributed by atoms with Crippen molar-refractivity contribution in [1.82, 2.24) is 10.2 Å². The summed E-state index contributed by atoms with van der Waals surface area (Å²) < 4.78 is 5.20. The van der Waals surface area contributed by atoms with Crippen molar-refractivity contribution in [2.24, 2.45) is 0 Å². The zero-order valence-electron chi connectivity index (χ0n) is 17.4. The summed E-state index contributed by atoms with van der Waals surface area (Å²) in [6.07, 6.45) is 0.271. The van der Waals surface area contributed by atoms with Gasteiger partial charge in [0.25, 0.3) is 0 Å². The van der Waals surface area contributed by atoms with E-state index in [1.807, 2.05) is 63.2 Å². The number of nitrogens with zero attached hydrogens (tertiary/aromatic N) is 1. The lowest BCUT2D eigenvalue weighted by molar-refractivity contribution is -0.140. The van der Waals surface area contributed by atoms with Gasteiger partial charge in [-0.15, -0.1) is 0 Å². The van der Waals surface area contributed by atoms with E-state index in [4.69, 9.17) is 4.74 Å². The van der Waals surface area contributed by atoms with Crippen molar-refractivity contribution in [3.63, 3.8) is 0 Å². The largest absolute Gasteiger partial charge is 0.497 e. The highest BCUT2D eigenvalue weighted by Crippen LogP contribution is 2.18. The molecule has 1 atom stereocenters. The molecule has 0 heterocycles. The smallest absolute Gasteiger partial charge is 0.242 e. The molecule has 5 nitrogen and oxygen atoms in total. The lowest BCUT2D eigenvalue weighted by Crippen LogP contribution is -2.48. The fourth-order valence-corrected chi connectivity index (χ4v) is 3.09. The van der Waals surface area contributed by atoms with Crippen molar-refractivity contribution in [2.45, 2.75) is 46.7 Å². The Morgan fingerprint density at radius 3 is 2.39 bits per heavy atom. The zero-order chi connectivity index (χ0) is 20.7. The first kappa shape index (κ1) is 21.5. The maximum absolute atomic E-state index is 13.2. The number of benzene rings is 2. The normalized spacial score (nSPS) is 11.6. The van der Waals surface area contributed by atoms with Gasteiger partial charge in [-0.2, -0.15) is 0 Å². The van der Waals surface area contributed by atoms with Gasteiger partial charge in [0.2, 0.25) is 11.8 Å². The number of nitrogens with one attached hydrogen (secondary N) is 1. The maximum atomic E-state index is 13.2. The van der Waals surface area contributed by atoms with Crippen LogP contribution in [0.2, 0.25) is 0 Å². The first-order chi connectivity index (χ1) is 13.3. The van der Waals surface area contributed by atoms with Crippen LogP contribution in [0.15, 0.2) is 42.5 Å². The van der Waals surface area contributed by atoms with Crippen LogP contribution in [0, 0.1) is 13.8 Å². The molecule has 0 aliphatic carbocycles. The van der Waals surface area contributed by atoms with Crippen molar-refractivity contribution < 1.29 is 14.3 Å². The van der Waals surface area contributed by atoms with Crippen LogP contribution in [0.3, 0.4) is 0 Å². The molecule has 0 unspecified atom stereocenters. The first-order valence-electron chi connectivity index (χ1n) is 9.62. The lowest BCUT2D eigenvalue weighted by atomic mass is 10.0. The minimum Gasteiger partial charge on any atom is -0.497 e. The van der Waals surface area contributed by atoms with Gasteiger partial charge in [0, 0.05) is 13.1 Å². The summed E-state index contributed by atoms with van der Waals surface area (Å²) in [6.45, 7) is 8.56. The van der Waals surface area contributed by atoms with Gasteiger partial charge < -0.3 is 15.0 Å². The number of rotatable bonds is 8. The summed E-state index contributed by atoms with van der Waals surface area (Å²) in [7, 11) is 1.62. The average Bonchev–Trinajstić information content (AvgIpc) is 2.69. The monoisotopic (exact) mass is 382 g/mol. The standard InChI is InChI=1S/C23H30N2O3/c1-6-24-23(27)18(4)25(15-19-9-11-21(28-5)12-10-19)22(26)14-20-13-16(2)7-8-17(20)3/h7-13,18H,6,14-15H2,1-5H3,(H,24,27)/t18-/m1/s1. The molecule has 2 rings (SSSR count). The van der Waals surface area contributed by atoms with Gasteiger partial charge in [-0.25, -0.2) is 0 Å².